The number of rotatable bonds is 6. The maximum Gasteiger partial charge on any atom is 0.185 e. The Morgan fingerprint density at radius 2 is 1.88 bits per heavy atom. The van der Waals surface area contributed by atoms with Crippen molar-refractivity contribution in [2.45, 2.75) is 0 Å². The molecule has 0 atom stereocenters. The summed E-state index contributed by atoms with van der Waals surface area (Å²) in [6, 6.07) is 12.8. The van der Waals surface area contributed by atoms with Gasteiger partial charge >= 0.3 is 0 Å². The van der Waals surface area contributed by atoms with E-state index in [9.17, 15) is 4.79 Å². The van der Waals surface area contributed by atoms with Gasteiger partial charge in [0.25, 0.3) is 0 Å². The van der Waals surface area contributed by atoms with Gasteiger partial charge in [-0.25, -0.2) is 4.98 Å². The molecule has 0 aliphatic carbocycles. The number of aromatic nitrogens is 2. The van der Waals surface area contributed by atoms with Gasteiger partial charge in [0.2, 0.25) is 0 Å². The molecule has 2 aromatic carbocycles. The Balaban J connectivity index is 1.77. The van der Waals surface area contributed by atoms with Crippen LogP contribution in [0.5, 0.6) is 11.5 Å². The fourth-order valence-corrected chi connectivity index (χ4v) is 2.43. The van der Waals surface area contributed by atoms with Crippen LogP contribution in [-0.2, 0) is 0 Å². The molecule has 0 amide bonds. The van der Waals surface area contributed by atoms with Crippen LogP contribution in [0.15, 0.2) is 67.3 Å². The summed E-state index contributed by atoms with van der Waals surface area (Å²) in [4.78, 5) is 16.4. The molecule has 5 heteroatoms. The van der Waals surface area contributed by atoms with Crippen molar-refractivity contribution in [3.63, 3.8) is 0 Å². The number of methoxy groups -OCH3 is 2. The Morgan fingerprint density at radius 3 is 2.52 bits per heavy atom. The number of imidazole rings is 1. The van der Waals surface area contributed by atoms with E-state index in [2.05, 4.69) is 4.98 Å². The molecule has 1 aromatic heterocycles. The van der Waals surface area contributed by atoms with Gasteiger partial charge in [0.1, 0.15) is 11.5 Å². The molecule has 3 aromatic rings. The number of ketones is 1. The van der Waals surface area contributed by atoms with E-state index in [1.54, 1.807) is 51.0 Å². The molecule has 0 aliphatic heterocycles. The first-order valence-corrected chi connectivity index (χ1v) is 7.74. The minimum absolute atomic E-state index is 0.0740. The highest BCUT2D eigenvalue weighted by Crippen LogP contribution is 2.25. The second kappa shape index (κ2) is 7.49. The number of benzene rings is 2. The Hall–Kier alpha value is -3.34. The number of carbonyl (C=O) groups excluding carboxylic acids is 1. The summed E-state index contributed by atoms with van der Waals surface area (Å²) in [6.45, 7) is 0. The van der Waals surface area contributed by atoms with Gasteiger partial charge in [0.05, 0.1) is 20.5 Å². The predicted molar refractivity (Wildman–Crippen MR) is 96.5 cm³/mol. The first-order chi connectivity index (χ1) is 12.2. The SMILES string of the molecule is COc1ccc(/C=C/C(=O)c2ccc(-n3ccnc3)cc2)c(OC)c1. The Morgan fingerprint density at radius 1 is 1.08 bits per heavy atom. The summed E-state index contributed by atoms with van der Waals surface area (Å²) < 4.78 is 12.4. The van der Waals surface area contributed by atoms with Crippen LogP contribution in [0.4, 0.5) is 0 Å². The quantitative estimate of drug-likeness (QED) is 0.508. The molecule has 0 saturated heterocycles. The summed E-state index contributed by atoms with van der Waals surface area (Å²) >= 11 is 0. The molecule has 0 fully saturated rings. The van der Waals surface area contributed by atoms with Crippen molar-refractivity contribution in [1.82, 2.24) is 9.55 Å². The third kappa shape index (κ3) is 3.77. The van der Waals surface area contributed by atoms with Gasteiger partial charge in [-0.15, -0.1) is 0 Å². The first-order valence-electron chi connectivity index (χ1n) is 7.74. The molecule has 0 aliphatic rings. The van der Waals surface area contributed by atoms with E-state index in [1.807, 2.05) is 35.0 Å². The molecule has 25 heavy (non-hydrogen) atoms. The largest absolute Gasteiger partial charge is 0.497 e. The number of hydrogen-bond acceptors (Lipinski definition) is 4. The minimum Gasteiger partial charge on any atom is -0.497 e. The fourth-order valence-electron chi connectivity index (χ4n) is 2.43. The van der Waals surface area contributed by atoms with Crippen molar-refractivity contribution in [3.05, 3.63) is 78.4 Å². The molecule has 0 radical (unpaired) electrons. The molecule has 126 valence electrons. The highest BCUT2D eigenvalue weighted by molar-refractivity contribution is 6.07. The van der Waals surface area contributed by atoms with Gasteiger partial charge in [0, 0.05) is 35.3 Å². The zero-order chi connectivity index (χ0) is 17.6. The molecule has 0 unspecified atom stereocenters. The normalized spacial score (nSPS) is 10.8. The van der Waals surface area contributed by atoms with E-state index >= 15 is 0 Å². The van der Waals surface area contributed by atoms with Gasteiger partial charge in [-0.2, -0.15) is 0 Å². The lowest BCUT2D eigenvalue weighted by atomic mass is 10.1. The van der Waals surface area contributed by atoms with Gasteiger partial charge in [-0.05, 0) is 48.6 Å². The number of nitrogens with zero attached hydrogens (tertiary/aromatic N) is 2. The van der Waals surface area contributed by atoms with Crippen molar-refractivity contribution in [2.24, 2.45) is 0 Å². The molecule has 0 saturated carbocycles. The average Bonchev–Trinajstić information content (AvgIpc) is 3.20. The maximum absolute atomic E-state index is 12.4. The Labute approximate surface area is 146 Å². The monoisotopic (exact) mass is 334 g/mol. The van der Waals surface area contributed by atoms with E-state index in [0.29, 0.717) is 17.1 Å². The Bertz CT molecular complexity index is 882. The van der Waals surface area contributed by atoms with Gasteiger partial charge in [-0.1, -0.05) is 0 Å². The first kappa shape index (κ1) is 16.5. The summed E-state index contributed by atoms with van der Waals surface area (Å²) in [5.74, 6) is 1.28. The molecule has 0 spiro atoms. The second-order valence-electron chi connectivity index (χ2n) is 5.32. The number of carbonyl (C=O) groups is 1. The number of ether oxygens (including phenoxy) is 2. The zero-order valence-electron chi connectivity index (χ0n) is 14.0. The van der Waals surface area contributed by atoms with E-state index in [1.165, 1.54) is 6.08 Å². The molecular formula is C20H18N2O3. The highest BCUT2D eigenvalue weighted by atomic mass is 16.5. The van der Waals surface area contributed by atoms with Crippen LogP contribution in [0.1, 0.15) is 15.9 Å². The second-order valence-corrected chi connectivity index (χ2v) is 5.32. The van der Waals surface area contributed by atoms with Crippen molar-refractivity contribution < 1.29 is 14.3 Å². The van der Waals surface area contributed by atoms with E-state index in [4.69, 9.17) is 9.47 Å². The predicted octanol–water partition coefficient (Wildman–Crippen LogP) is 3.79. The van der Waals surface area contributed by atoms with Crippen LogP contribution in [-0.4, -0.2) is 29.6 Å². The van der Waals surface area contributed by atoms with Crippen LogP contribution < -0.4 is 9.47 Å². The van der Waals surface area contributed by atoms with E-state index < -0.39 is 0 Å². The molecular weight excluding hydrogens is 316 g/mol. The Kier molecular flexibility index (Phi) is 4.95. The summed E-state index contributed by atoms with van der Waals surface area (Å²) in [5, 5.41) is 0. The maximum atomic E-state index is 12.4. The lowest BCUT2D eigenvalue weighted by Crippen LogP contribution is -1.96. The lowest BCUT2D eigenvalue weighted by Gasteiger charge is -2.07. The molecule has 3 rings (SSSR count). The lowest BCUT2D eigenvalue weighted by molar-refractivity contribution is 0.104. The topological polar surface area (TPSA) is 53.4 Å². The molecule has 0 N–H and O–H groups in total. The van der Waals surface area contributed by atoms with Crippen LogP contribution in [0.2, 0.25) is 0 Å². The van der Waals surface area contributed by atoms with Crippen molar-refractivity contribution in [2.75, 3.05) is 14.2 Å². The van der Waals surface area contributed by atoms with Crippen LogP contribution in [0.25, 0.3) is 11.8 Å². The number of allylic oxidation sites excluding steroid dienone is 1. The minimum atomic E-state index is -0.0740. The van der Waals surface area contributed by atoms with Gasteiger partial charge in [0.15, 0.2) is 5.78 Å². The third-order valence-corrected chi connectivity index (χ3v) is 3.81. The number of hydrogen-bond donors (Lipinski definition) is 0. The standard InChI is InChI=1S/C20H18N2O3/c1-24-18-9-5-16(20(13-18)25-2)6-10-19(23)15-3-7-17(8-4-15)22-12-11-21-14-22/h3-14H,1-2H3/b10-6+. The fraction of sp³-hybridized carbons (Fsp3) is 0.100. The van der Waals surface area contributed by atoms with Crippen molar-refractivity contribution in [1.29, 1.82) is 0 Å². The van der Waals surface area contributed by atoms with Crippen molar-refractivity contribution >= 4 is 11.9 Å². The van der Waals surface area contributed by atoms with Gasteiger partial charge < -0.3 is 14.0 Å². The van der Waals surface area contributed by atoms with Crippen LogP contribution in [0, 0.1) is 0 Å². The third-order valence-electron chi connectivity index (χ3n) is 3.81. The van der Waals surface area contributed by atoms with E-state index in [-0.39, 0.29) is 5.78 Å². The van der Waals surface area contributed by atoms with Crippen LogP contribution in [0.3, 0.4) is 0 Å². The average molecular weight is 334 g/mol. The summed E-state index contributed by atoms with van der Waals surface area (Å²) in [7, 11) is 3.18. The smallest absolute Gasteiger partial charge is 0.185 e. The molecule has 0 bridgehead atoms. The zero-order valence-corrected chi connectivity index (χ0v) is 14.0. The summed E-state index contributed by atoms with van der Waals surface area (Å²) in [5.41, 5.74) is 2.38. The van der Waals surface area contributed by atoms with Gasteiger partial charge in [-0.3, -0.25) is 4.79 Å². The van der Waals surface area contributed by atoms with Crippen molar-refractivity contribution in [3.8, 4) is 17.2 Å². The van der Waals surface area contributed by atoms with Crippen LogP contribution >= 0.6 is 0 Å². The summed E-state index contributed by atoms with van der Waals surface area (Å²) in [6.07, 6.45) is 8.56. The highest BCUT2D eigenvalue weighted by Gasteiger charge is 2.05. The molecule has 1 heterocycles. The van der Waals surface area contributed by atoms with E-state index in [0.717, 1.165) is 11.3 Å². The molecule has 5 nitrogen and oxygen atoms in total.